The molecule has 1 N–H and O–H groups in total. The zero-order valence-electron chi connectivity index (χ0n) is 16.5. The lowest BCUT2D eigenvalue weighted by atomic mass is 10.0. The van der Waals surface area contributed by atoms with Gasteiger partial charge in [0.25, 0.3) is 15.9 Å². The lowest BCUT2D eigenvalue weighted by Gasteiger charge is -2.30. The van der Waals surface area contributed by atoms with Crippen LogP contribution in [0.15, 0.2) is 77.7 Å². The van der Waals surface area contributed by atoms with Gasteiger partial charge < -0.3 is 9.64 Å². The van der Waals surface area contributed by atoms with E-state index in [0.29, 0.717) is 23.5 Å². The van der Waals surface area contributed by atoms with Gasteiger partial charge in [0.15, 0.2) is 0 Å². The summed E-state index contributed by atoms with van der Waals surface area (Å²) >= 11 is 0. The van der Waals surface area contributed by atoms with Gasteiger partial charge in [0, 0.05) is 23.9 Å². The highest BCUT2D eigenvalue weighted by molar-refractivity contribution is 7.92. The number of fused-ring (bicyclic) bond motifs is 1. The molecule has 4 rings (SSSR count). The van der Waals surface area contributed by atoms with E-state index < -0.39 is 10.0 Å². The first-order valence-electron chi connectivity index (χ1n) is 9.65. The molecule has 0 bridgehead atoms. The molecule has 1 aliphatic rings. The molecule has 0 atom stereocenters. The molecule has 1 amide bonds. The Morgan fingerprint density at radius 3 is 2.57 bits per heavy atom. The van der Waals surface area contributed by atoms with Crippen LogP contribution in [0, 0.1) is 0 Å². The number of hydrogen-bond donors (Lipinski definition) is 1. The van der Waals surface area contributed by atoms with Crippen molar-refractivity contribution < 1.29 is 17.9 Å². The van der Waals surface area contributed by atoms with E-state index >= 15 is 0 Å². The highest BCUT2D eigenvalue weighted by Gasteiger charge is 2.25. The van der Waals surface area contributed by atoms with Crippen LogP contribution in [-0.2, 0) is 16.4 Å². The van der Waals surface area contributed by atoms with Crippen molar-refractivity contribution in [1.29, 1.82) is 0 Å². The third-order valence-corrected chi connectivity index (χ3v) is 6.45. The first-order valence-corrected chi connectivity index (χ1v) is 11.1. The summed E-state index contributed by atoms with van der Waals surface area (Å²) in [5, 5.41) is 0. The van der Waals surface area contributed by atoms with Crippen LogP contribution in [0.4, 0.5) is 11.4 Å². The number of amides is 1. The Labute approximate surface area is 176 Å². The molecular formula is C23H22N2O4S. The van der Waals surface area contributed by atoms with Gasteiger partial charge in [-0.25, -0.2) is 8.42 Å². The molecule has 6 nitrogen and oxygen atoms in total. The van der Waals surface area contributed by atoms with Crippen LogP contribution in [0.5, 0.6) is 5.75 Å². The molecule has 0 radical (unpaired) electrons. The number of benzene rings is 3. The number of nitrogens with zero attached hydrogens (tertiary/aromatic N) is 1. The van der Waals surface area contributed by atoms with E-state index in [-0.39, 0.29) is 10.8 Å². The Morgan fingerprint density at radius 2 is 1.80 bits per heavy atom. The van der Waals surface area contributed by atoms with Crippen LogP contribution in [0.25, 0.3) is 0 Å². The molecule has 0 unspecified atom stereocenters. The summed E-state index contributed by atoms with van der Waals surface area (Å²) in [5.74, 6) is 0.484. The summed E-state index contributed by atoms with van der Waals surface area (Å²) < 4.78 is 33.5. The van der Waals surface area contributed by atoms with E-state index in [9.17, 15) is 13.2 Å². The quantitative estimate of drug-likeness (QED) is 0.672. The topological polar surface area (TPSA) is 75.7 Å². The van der Waals surface area contributed by atoms with Crippen molar-refractivity contribution in [2.24, 2.45) is 0 Å². The molecule has 154 valence electrons. The normalized spacial score (nSPS) is 13.4. The second-order valence-corrected chi connectivity index (χ2v) is 8.74. The van der Waals surface area contributed by atoms with E-state index in [4.69, 9.17) is 4.74 Å². The number of rotatable bonds is 5. The Hall–Kier alpha value is -3.32. The van der Waals surface area contributed by atoms with Gasteiger partial charge in [0.1, 0.15) is 5.75 Å². The van der Waals surface area contributed by atoms with E-state index in [2.05, 4.69) is 4.72 Å². The van der Waals surface area contributed by atoms with Gasteiger partial charge in [-0.1, -0.05) is 24.3 Å². The fraction of sp³-hybridized carbons (Fsp3) is 0.174. The van der Waals surface area contributed by atoms with Crippen molar-refractivity contribution in [3.8, 4) is 5.75 Å². The predicted molar refractivity (Wildman–Crippen MR) is 117 cm³/mol. The van der Waals surface area contributed by atoms with Crippen LogP contribution in [0.3, 0.4) is 0 Å². The number of nitrogens with one attached hydrogen (secondary N) is 1. The minimum atomic E-state index is -3.77. The SMILES string of the molecule is COc1cccc(NS(=O)(=O)c2ccc3c(c2)CCCN3C(=O)c2ccccc2)c1. The molecule has 7 heteroatoms. The molecule has 30 heavy (non-hydrogen) atoms. The third kappa shape index (κ3) is 4.02. The maximum atomic E-state index is 12.9. The van der Waals surface area contributed by atoms with Crippen LogP contribution in [-0.4, -0.2) is 28.0 Å². The smallest absolute Gasteiger partial charge is 0.261 e. The Bertz CT molecular complexity index is 1180. The maximum absolute atomic E-state index is 12.9. The average molecular weight is 423 g/mol. The molecule has 0 fully saturated rings. The minimum Gasteiger partial charge on any atom is -0.497 e. The monoisotopic (exact) mass is 422 g/mol. The second kappa shape index (κ2) is 8.20. The zero-order chi connectivity index (χ0) is 21.1. The number of hydrogen-bond acceptors (Lipinski definition) is 4. The van der Waals surface area contributed by atoms with Gasteiger partial charge in [-0.15, -0.1) is 0 Å². The van der Waals surface area contributed by atoms with Gasteiger partial charge >= 0.3 is 0 Å². The number of methoxy groups -OCH3 is 1. The fourth-order valence-corrected chi connectivity index (χ4v) is 4.69. The molecule has 0 aromatic heterocycles. The molecule has 0 aliphatic carbocycles. The average Bonchev–Trinajstić information content (AvgIpc) is 2.78. The van der Waals surface area contributed by atoms with Crippen molar-refractivity contribution in [2.75, 3.05) is 23.3 Å². The molecule has 3 aromatic rings. The van der Waals surface area contributed by atoms with Crippen LogP contribution in [0.2, 0.25) is 0 Å². The number of anilines is 2. The van der Waals surface area contributed by atoms with Crippen molar-refractivity contribution in [1.82, 2.24) is 0 Å². The standard InChI is InChI=1S/C23H22N2O4S/c1-29-20-11-5-10-19(16-20)24-30(27,28)21-12-13-22-18(15-21)9-6-14-25(22)23(26)17-7-3-2-4-8-17/h2-5,7-8,10-13,15-16,24H,6,9,14H2,1H3. The van der Waals surface area contributed by atoms with E-state index in [1.165, 1.54) is 13.2 Å². The molecule has 0 saturated heterocycles. The van der Waals surface area contributed by atoms with Gasteiger partial charge in [0.05, 0.1) is 17.7 Å². The Morgan fingerprint density at radius 1 is 1.00 bits per heavy atom. The van der Waals surface area contributed by atoms with Gasteiger partial charge in [0.2, 0.25) is 0 Å². The lowest BCUT2D eigenvalue weighted by Crippen LogP contribution is -2.35. The fourth-order valence-electron chi connectivity index (χ4n) is 3.59. The third-order valence-electron chi connectivity index (χ3n) is 5.07. The first kappa shape index (κ1) is 20.0. The highest BCUT2D eigenvalue weighted by Crippen LogP contribution is 2.31. The molecule has 0 spiro atoms. The predicted octanol–water partition coefficient (Wildman–Crippen LogP) is 4.09. The zero-order valence-corrected chi connectivity index (χ0v) is 17.4. The highest BCUT2D eigenvalue weighted by atomic mass is 32.2. The van der Waals surface area contributed by atoms with E-state index in [0.717, 1.165) is 24.1 Å². The number of carbonyl (C=O) groups excluding carboxylic acids is 1. The number of carbonyl (C=O) groups is 1. The van der Waals surface area contributed by atoms with Crippen LogP contribution < -0.4 is 14.4 Å². The summed E-state index contributed by atoms with van der Waals surface area (Å²) in [7, 11) is -2.24. The van der Waals surface area contributed by atoms with E-state index in [1.54, 1.807) is 53.4 Å². The summed E-state index contributed by atoms with van der Waals surface area (Å²) in [4.78, 5) is 14.8. The number of aryl methyl sites for hydroxylation is 1. The van der Waals surface area contributed by atoms with Crippen LogP contribution >= 0.6 is 0 Å². The minimum absolute atomic E-state index is 0.0818. The summed E-state index contributed by atoms with van der Waals surface area (Å²) in [5.41, 5.74) is 2.64. The van der Waals surface area contributed by atoms with Crippen molar-refractivity contribution in [3.63, 3.8) is 0 Å². The van der Waals surface area contributed by atoms with E-state index in [1.807, 2.05) is 18.2 Å². The molecular weight excluding hydrogens is 400 g/mol. The Kier molecular flexibility index (Phi) is 5.46. The molecule has 1 aliphatic heterocycles. The maximum Gasteiger partial charge on any atom is 0.261 e. The number of ether oxygens (including phenoxy) is 1. The molecule has 1 heterocycles. The number of sulfonamides is 1. The van der Waals surface area contributed by atoms with Gasteiger partial charge in [-0.05, 0) is 60.9 Å². The largest absolute Gasteiger partial charge is 0.497 e. The first-order chi connectivity index (χ1) is 14.5. The summed E-state index contributed by atoms with van der Waals surface area (Å²) in [6.45, 7) is 0.606. The summed E-state index contributed by atoms with van der Waals surface area (Å²) in [6.07, 6.45) is 1.49. The van der Waals surface area contributed by atoms with Crippen molar-refractivity contribution in [2.45, 2.75) is 17.7 Å². The Balaban J connectivity index is 1.62. The molecule has 3 aromatic carbocycles. The summed E-state index contributed by atoms with van der Waals surface area (Å²) in [6, 6.07) is 20.8. The van der Waals surface area contributed by atoms with Crippen molar-refractivity contribution in [3.05, 3.63) is 83.9 Å². The molecule has 0 saturated carbocycles. The van der Waals surface area contributed by atoms with Gasteiger partial charge in [-0.3, -0.25) is 9.52 Å². The lowest BCUT2D eigenvalue weighted by molar-refractivity contribution is 0.0985. The second-order valence-electron chi connectivity index (χ2n) is 7.05. The van der Waals surface area contributed by atoms with Crippen LogP contribution in [0.1, 0.15) is 22.3 Å². The van der Waals surface area contributed by atoms with Gasteiger partial charge in [-0.2, -0.15) is 0 Å². The van der Waals surface area contributed by atoms with Crippen molar-refractivity contribution >= 4 is 27.3 Å².